The molecule has 0 heterocycles. The highest BCUT2D eigenvalue weighted by Crippen LogP contribution is 2.20. The Labute approximate surface area is 163 Å². The van der Waals surface area contributed by atoms with E-state index in [0.717, 1.165) is 18.4 Å². The average Bonchev–Trinajstić information content (AvgIpc) is 3.49. The van der Waals surface area contributed by atoms with Gasteiger partial charge in [0.05, 0.1) is 0 Å². The minimum absolute atomic E-state index is 0.174. The quantitative estimate of drug-likeness (QED) is 0.686. The Hall–Kier alpha value is -3.35. The Morgan fingerprint density at radius 3 is 2.46 bits per heavy atom. The number of aliphatic carboxylic acids is 1. The summed E-state index contributed by atoms with van der Waals surface area (Å²) in [6, 6.07) is 14.6. The Morgan fingerprint density at radius 2 is 1.82 bits per heavy atom. The van der Waals surface area contributed by atoms with Crippen LogP contribution in [0.15, 0.2) is 54.6 Å². The SMILES string of the molecule is CC(C(=O)O)N(Cc1ccccc1)C(=O)c1cccc(NC(=O)NC2CC2)c1. The van der Waals surface area contributed by atoms with E-state index in [0.29, 0.717) is 11.3 Å². The molecule has 2 aromatic rings. The fourth-order valence-electron chi connectivity index (χ4n) is 2.77. The number of hydrogen-bond donors (Lipinski definition) is 3. The lowest BCUT2D eigenvalue weighted by molar-refractivity contribution is -0.141. The molecule has 3 N–H and O–H groups in total. The molecule has 1 atom stereocenters. The molecule has 0 aliphatic heterocycles. The Bertz CT molecular complexity index is 865. The van der Waals surface area contributed by atoms with Crippen LogP contribution in [-0.4, -0.2) is 40.0 Å². The fourth-order valence-corrected chi connectivity index (χ4v) is 2.77. The summed E-state index contributed by atoms with van der Waals surface area (Å²) in [6.45, 7) is 1.65. The summed E-state index contributed by atoms with van der Waals surface area (Å²) in [5.41, 5.74) is 1.63. The van der Waals surface area contributed by atoms with Crippen molar-refractivity contribution in [2.24, 2.45) is 0 Å². The number of nitrogens with zero attached hydrogens (tertiary/aromatic N) is 1. The lowest BCUT2D eigenvalue weighted by atomic mass is 10.1. The highest BCUT2D eigenvalue weighted by molar-refractivity contribution is 5.98. The van der Waals surface area contributed by atoms with Gasteiger partial charge in [-0.15, -0.1) is 0 Å². The maximum Gasteiger partial charge on any atom is 0.326 e. The van der Waals surface area contributed by atoms with Crippen LogP contribution < -0.4 is 10.6 Å². The molecule has 28 heavy (non-hydrogen) atoms. The van der Waals surface area contributed by atoms with Crippen LogP contribution in [0.25, 0.3) is 0 Å². The standard InChI is InChI=1S/C21H23N3O4/c1-14(20(26)27)24(13-15-6-3-2-4-7-15)19(25)16-8-5-9-18(12-16)23-21(28)22-17-10-11-17/h2-9,12,14,17H,10-11,13H2,1H3,(H,26,27)(H2,22,23,28). The predicted octanol–water partition coefficient (Wildman–Crippen LogP) is 3.09. The van der Waals surface area contributed by atoms with Gasteiger partial charge in [0.2, 0.25) is 0 Å². The molecule has 7 heteroatoms. The van der Waals surface area contributed by atoms with E-state index in [-0.39, 0.29) is 18.6 Å². The highest BCUT2D eigenvalue weighted by Gasteiger charge is 2.27. The maximum absolute atomic E-state index is 13.1. The van der Waals surface area contributed by atoms with Gasteiger partial charge in [0.15, 0.2) is 0 Å². The number of amides is 3. The van der Waals surface area contributed by atoms with Gasteiger partial charge in [0, 0.05) is 23.8 Å². The molecule has 0 saturated heterocycles. The van der Waals surface area contributed by atoms with Gasteiger partial charge >= 0.3 is 12.0 Å². The van der Waals surface area contributed by atoms with Crippen molar-refractivity contribution < 1.29 is 19.5 Å². The minimum Gasteiger partial charge on any atom is -0.480 e. The van der Waals surface area contributed by atoms with Crippen LogP contribution in [0.1, 0.15) is 35.7 Å². The topological polar surface area (TPSA) is 98.7 Å². The van der Waals surface area contributed by atoms with E-state index in [9.17, 15) is 19.5 Å². The third-order valence-corrected chi connectivity index (χ3v) is 4.56. The molecule has 3 rings (SSSR count). The van der Waals surface area contributed by atoms with Crippen LogP contribution in [0.4, 0.5) is 10.5 Å². The Morgan fingerprint density at radius 1 is 1.11 bits per heavy atom. The lowest BCUT2D eigenvalue weighted by Crippen LogP contribution is -2.42. The van der Waals surface area contributed by atoms with Gasteiger partial charge in [-0.2, -0.15) is 0 Å². The number of hydrogen-bond acceptors (Lipinski definition) is 3. The first-order valence-corrected chi connectivity index (χ1v) is 9.19. The van der Waals surface area contributed by atoms with Crippen LogP contribution in [0.2, 0.25) is 0 Å². The first kappa shape index (κ1) is 19.4. The Balaban J connectivity index is 1.78. The second-order valence-corrected chi connectivity index (χ2v) is 6.89. The largest absolute Gasteiger partial charge is 0.480 e. The van der Waals surface area contributed by atoms with Gasteiger partial charge in [0.25, 0.3) is 5.91 Å². The van der Waals surface area contributed by atoms with Crippen molar-refractivity contribution >= 4 is 23.6 Å². The molecule has 1 unspecified atom stereocenters. The first-order chi connectivity index (χ1) is 13.4. The molecule has 2 aromatic carbocycles. The number of urea groups is 1. The number of carbonyl (C=O) groups excluding carboxylic acids is 2. The van der Waals surface area contributed by atoms with Crippen LogP contribution in [0, 0.1) is 0 Å². The van der Waals surface area contributed by atoms with Crippen LogP contribution in [-0.2, 0) is 11.3 Å². The summed E-state index contributed by atoms with van der Waals surface area (Å²) in [4.78, 5) is 37.8. The van der Waals surface area contributed by atoms with Crippen molar-refractivity contribution in [1.29, 1.82) is 0 Å². The highest BCUT2D eigenvalue weighted by atomic mass is 16.4. The zero-order valence-corrected chi connectivity index (χ0v) is 15.6. The predicted molar refractivity (Wildman–Crippen MR) is 105 cm³/mol. The molecule has 0 radical (unpaired) electrons. The summed E-state index contributed by atoms with van der Waals surface area (Å²) < 4.78 is 0. The number of carbonyl (C=O) groups is 3. The third-order valence-electron chi connectivity index (χ3n) is 4.56. The number of nitrogens with one attached hydrogen (secondary N) is 2. The van der Waals surface area contributed by atoms with Gasteiger partial charge in [-0.3, -0.25) is 4.79 Å². The molecule has 3 amide bonds. The van der Waals surface area contributed by atoms with Gasteiger partial charge in [-0.1, -0.05) is 36.4 Å². The van der Waals surface area contributed by atoms with Crippen molar-refractivity contribution in [2.45, 2.75) is 38.4 Å². The van der Waals surface area contributed by atoms with Crippen molar-refractivity contribution in [3.8, 4) is 0 Å². The first-order valence-electron chi connectivity index (χ1n) is 9.19. The summed E-state index contributed by atoms with van der Waals surface area (Å²) in [5.74, 6) is -1.49. The molecule has 146 valence electrons. The van der Waals surface area contributed by atoms with E-state index in [1.54, 1.807) is 24.3 Å². The molecule has 7 nitrogen and oxygen atoms in total. The molecule has 0 aromatic heterocycles. The molecule has 1 aliphatic carbocycles. The molecule has 0 bridgehead atoms. The summed E-state index contributed by atoms with van der Waals surface area (Å²) >= 11 is 0. The minimum atomic E-state index is -1.08. The van der Waals surface area contributed by atoms with Gasteiger partial charge in [-0.25, -0.2) is 9.59 Å². The number of rotatable bonds is 7. The van der Waals surface area contributed by atoms with E-state index >= 15 is 0 Å². The average molecular weight is 381 g/mol. The maximum atomic E-state index is 13.1. The second-order valence-electron chi connectivity index (χ2n) is 6.89. The van der Waals surface area contributed by atoms with Crippen LogP contribution >= 0.6 is 0 Å². The van der Waals surface area contributed by atoms with Crippen molar-refractivity contribution in [3.05, 3.63) is 65.7 Å². The second kappa shape index (κ2) is 8.56. The van der Waals surface area contributed by atoms with E-state index < -0.39 is 17.9 Å². The van der Waals surface area contributed by atoms with E-state index in [4.69, 9.17) is 0 Å². The summed E-state index contributed by atoms with van der Waals surface area (Å²) in [7, 11) is 0. The lowest BCUT2D eigenvalue weighted by Gasteiger charge is -2.27. The Kier molecular flexibility index (Phi) is 5.93. The monoisotopic (exact) mass is 381 g/mol. The number of carboxylic acid groups (broad SMARTS) is 1. The third kappa shape index (κ3) is 5.09. The molecule has 1 aliphatic rings. The normalized spacial score (nSPS) is 14.0. The van der Waals surface area contributed by atoms with Crippen molar-refractivity contribution in [3.63, 3.8) is 0 Å². The fraction of sp³-hybridized carbons (Fsp3) is 0.286. The number of carboxylic acids is 1. The van der Waals surface area contributed by atoms with E-state index in [1.165, 1.54) is 11.8 Å². The zero-order valence-electron chi connectivity index (χ0n) is 15.6. The van der Waals surface area contributed by atoms with Gasteiger partial charge < -0.3 is 20.6 Å². The van der Waals surface area contributed by atoms with Crippen LogP contribution in [0.5, 0.6) is 0 Å². The zero-order chi connectivity index (χ0) is 20.1. The number of anilines is 1. The molecule has 0 spiro atoms. The van der Waals surface area contributed by atoms with E-state index in [2.05, 4.69) is 10.6 Å². The van der Waals surface area contributed by atoms with E-state index in [1.807, 2.05) is 30.3 Å². The molecule has 1 saturated carbocycles. The summed E-state index contributed by atoms with van der Waals surface area (Å²) in [6.07, 6.45) is 1.96. The molecular weight excluding hydrogens is 358 g/mol. The molecule has 1 fully saturated rings. The van der Waals surface area contributed by atoms with Crippen molar-refractivity contribution in [2.75, 3.05) is 5.32 Å². The van der Waals surface area contributed by atoms with Gasteiger partial charge in [0.1, 0.15) is 6.04 Å². The van der Waals surface area contributed by atoms with Crippen LogP contribution in [0.3, 0.4) is 0 Å². The smallest absolute Gasteiger partial charge is 0.326 e. The molecular formula is C21H23N3O4. The number of benzene rings is 2. The van der Waals surface area contributed by atoms with Gasteiger partial charge in [-0.05, 0) is 43.5 Å². The van der Waals surface area contributed by atoms with Crippen molar-refractivity contribution in [1.82, 2.24) is 10.2 Å². The summed E-state index contributed by atoms with van der Waals surface area (Å²) in [5, 5.41) is 15.0.